The van der Waals surface area contributed by atoms with Gasteiger partial charge in [-0.25, -0.2) is 0 Å². The maximum Gasteiger partial charge on any atom is 0.256 e. The van der Waals surface area contributed by atoms with Crippen LogP contribution < -0.4 is 10.2 Å². The Balaban J connectivity index is 1.77. The van der Waals surface area contributed by atoms with Gasteiger partial charge in [-0.2, -0.15) is 0 Å². The summed E-state index contributed by atoms with van der Waals surface area (Å²) in [5.41, 5.74) is 2.75. The van der Waals surface area contributed by atoms with Gasteiger partial charge in [-0.3, -0.25) is 4.79 Å². The molecule has 0 aromatic heterocycles. The number of carbonyl (C=O) groups is 1. The summed E-state index contributed by atoms with van der Waals surface area (Å²) >= 11 is 2.19. The summed E-state index contributed by atoms with van der Waals surface area (Å²) in [6.07, 6.45) is 2.50. The van der Waals surface area contributed by atoms with Crippen LogP contribution in [0.15, 0.2) is 48.5 Å². The number of benzene rings is 2. The number of carbonyl (C=O) groups excluding carboxylic acids is 1. The van der Waals surface area contributed by atoms with Crippen molar-refractivity contribution in [3.05, 3.63) is 57.7 Å². The van der Waals surface area contributed by atoms with Crippen LogP contribution in [0.4, 0.5) is 11.4 Å². The standard InChI is InChI=1S/C17H17IN2O/c18-16-9-2-1-8-15(16)17(21)19-13-6-5-7-14(12-13)20-10-3-4-11-20/h1-2,5-9,12H,3-4,10-11H2,(H,19,21). The average molecular weight is 392 g/mol. The molecule has 0 aliphatic carbocycles. The molecule has 1 aliphatic rings. The Labute approximate surface area is 138 Å². The van der Waals surface area contributed by atoms with Gasteiger partial charge in [0.1, 0.15) is 0 Å². The molecule has 0 saturated carbocycles. The van der Waals surface area contributed by atoms with Crippen LogP contribution >= 0.6 is 22.6 Å². The molecule has 1 aliphatic heterocycles. The Morgan fingerprint density at radius 3 is 2.57 bits per heavy atom. The maximum atomic E-state index is 12.3. The van der Waals surface area contributed by atoms with E-state index in [1.807, 2.05) is 36.4 Å². The van der Waals surface area contributed by atoms with E-state index in [0.29, 0.717) is 5.56 Å². The van der Waals surface area contributed by atoms with Crippen LogP contribution in [-0.4, -0.2) is 19.0 Å². The molecule has 0 radical (unpaired) electrons. The molecule has 1 N–H and O–H groups in total. The molecule has 1 heterocycles. The van der Waals surface area contributed by atoms with Crippen molar-refractivity contribution in [1.29, 1.82) is 0 Å². The highest BCUT2D eigenvalue weighted by molar-refractivity contribution is 14.1. The minimum atomic E-state index is -0.0569. The van der Waals surface area contributed by atoms with Gasteiger partial charge in [-0.05, 0) is 65.8 Å². The fraction of sp³-hybridized carbons (Fsp3) is 0.235. The summed E-state index contributed by atoms with van der Waals surface area (Å²) < 4.78 is 0.961. The van der Waals surface area contributed by atoms with E-state index in [4.69, 9.17) is 0 Å². The van der Waals surface area contributed by atoms with E-state index in [2.05, 4.69) is 44.9 Å². The molecule has 2 aromatic rings. The van der Waals surface area contributed by atoms with Gasteiger partial charge in [-0.15, -0.1) is 0 Å². The molecular weight excluding hydrogens is 375 g/mol. The second-order valence-electron chi connectivity index (χ2n) is 5.18. The highest BCUT2D eigenvalue weighted by atomic mass is 127. The highest BCUT2D eigenvalue weighted by Crippen LogP contribution is 2.24. The molecule has 1 saturated heterocycles. The van der Waals surface area contributed by atoms with E-state index >= 15 is 0 Å². The lowest BCUT2D eigenvalue weighted by Crippen LogP contribution is -2.18. The first kappa shape index (κ1) is 14.4. The Kier molecular flexibility index (Phi) is 4.43. The molecule has 0 bridgehead atoms. The molecule has 3 rings (SSSR count). The Hall–Kier alpha value is -1.56. The van der Waals surface area contributed by atoms with Crippen molar-refractivity contribution in [3.63, 3.8) is 0 Å². The van der Waals surface area contributed by atoms with Crippen molar-refractivity contribution in [1.82, 2.24) is 0 Å². The Morgan fingerprint density at radius 1 is 1.05 bits per heavy atom. The number of rotatable bonds is 3. The van der Waals surface area contributed by atoms with Crippen molar-refractivity contribution < 1.29 is 4.79 Å². The second kappa shape index (κ2) is 6.47. The molecule has 2 aromatic carbocycles. The van der Waals surface area contributed by atoms with Gasteiger partial charge in [0.15, 0.2) is 0 Å². The summed E-state index contributed by atoms with van der Waals surface area (Å²) in [5.74, 6) is -0.0569. The van der Waals surface area contributed by atoms with Crippen molar-refractivity contribution in [2.75, 3.05) is 23.3 Å². The lowest BCUT2D eigenvalue weighted by Gasteiger charge is -2.18. The summed E-state index contributed by atoms with van der Waals surface area (Å²) in [5, 5.41) is 2.99. The van der Waals surface area contributed by atoms with Gasteiger partial charge in [0.05, 0.1) is 5.56 Å². The van der Waals surface area contributed by atoms with Gasteiger partial charge in [0, 0.05) is 28.0 Å². The largest absolute Gasteiger partial charge is 0.371 e. The van der Waals surface area contributed by atoms with Gasteiger partial charge in [0.25, 0.3) is 5.91 Å². The van der Waals surface area contributed by atoms with E-state index in [-0.39, 0.29) is 5.91 Å². The van der Waals surface area contributed by atoms with E-state index in [1.54, 1.807) is 0 Å². The number of halogens is 1. The molecule has 0 atom stereocenters. The van der Waals surface area contributed by atoms with Crippen molar-refractivity contribution >= 4 is 39.9 Å². The lowest BCUT2D eigenvalue weighted by molar-refractivity contribution is 0.102. The van der Waals surface area contributed by atoms with E-state index < -0.39 is 0 Å². The van der Waals surface area contributed by atoms with Crippen LogP contribution in [0.3, 0.4) is 0 Å². The lowest BCUT2D eigenvalue weighted by atomic mass is 10.2. The predicted octanol–water partition coefficient (Wildman–Crippen LogP) is 4.14. The SMILES string of the molecule is O=C(Nc1cccc(N2CCCC2)c1)c1ccccc1I. The number of nitrogens with one attached hydrogen (secondary N) is 1. The van der Waals surface area contributed by atoms with Crippen molar-refractivity contribution in [2.24, 2.45) is 0 Å². The van der Waals surface area contributed by atoms with E-state index in [9.17, 15) is 4.79 Å². The van der Waals surface area contributed by atoms with Crippen LogP contribution in [0.2, 0.25) is 0 Å². The molecule has 1 amide bonds. The van der Waals surface area contributed by atoms with Crippen LogP contribution in [0, 0.1) is 3.57 Å². The van der Waals surface area contributed by atoms with Gasteiger partial charge >= 0.3 is 0 Å². The molecular formula is C17H17IN2O. The first-order chi connectivity index (χ1) is 10.2. The van der Waals surface area contributed by atoms with Crippen LogP contribution in [0.1, 0.15) is 23.2 Å². The van der Waals surface area contributed by atoms with Gasteiger partial charge < -0.3 is 10.2 Å². The first-order valence-corrected chi connectivity index (χ1v) is 8.23. The number of nitrogens with zero attached hydrogens (tertiary/aromatic N) is 1. The van der Waals surface area contributed by atoms with Crippen LogP contribution in [0.25, 0.3) is 0 Å². The average Bonchev–Trinajstić information content (AvgIpc) is 3.02. The zero-order valence-electron chi connectivity index (χ0n) is 11.7. The molecule has 108 valence electrons. The topological polar surface area (TPSA) is 32.3 Å². The van der Waals surface area contributed by atoms with Crippen molar-refractivity contribution in [2.45, 2.75) is 12.8 Å². The van der Waals surface area contributed by atoms with Crippen LogP contribution in [-0.2, 0) is 0 Å². The normalized spacial score (nSPS) is 14.2. The van der Waals surface area contributed by atoms with Gasteiger partial charge in [0.2, 0.25) is 0 Å². The Bertz CT molecular complexity index is 651. The molecule has 0 unspecified atom stereocenters. The van der Waals surface area contributed by atoms with Crippen LogP contribution in [0.5, 0.6) is 0 Å². The molecule has 0 spiro atoms. The van der Waals surface area contributed by atoms with Gasteiger partial charge in [-0.1, -0.05) is 18.2 Å². The number of hydrogen-bond donors (Lipinski definition) is 1. The second-order valence-corrected chi connectivity index (χ2v) is 6.34. The number of hydrogen-bond acceptors (Lipinski definition) is 2. The van der Waals surface area contributed by atoms with E-state index in [1.165, 1.54) is 18.5 Å². The fourth-order valence-electron chi connectivity index (χ4n) is 2.60. The third kappa shape index (κ3) is 3.37. The summed E-state index contributed by atoms with van der Waals surface area (Å²) in [7, 11) is 0. The number of amides is 1. The smallest absolute Gasteiger partial charge is 0.256 e. The summed E-state index contributed by atoms with van der Waals surface area (Å²) in [6, 6.07) is 15.7. The predicted molar refractivity (Wildman–Crippen MR) is 95.0 cm³/mol. The van der Waals surface area contributed by atoms with E-state index in [0.717, 1.165) is 22.3 Å². The quantitative estimate of drug-likeness (QED) is 0.797. The first-order valence-electron chi connectivity index (χ1n) is 7.15. The minimum absolute atomic E-state index is 0.0569. The third-order valence-corrected chi connectivity index (χ3v) is 4.63. The zero-order valence-corrected chi connectivity index (χ0v) is 13.8. The maximum absolute atomic E-state index is 12.3. The third-order valence-electron chi connectivity index (χ3n) is 3.69. The monoisotopic (exact) mass is 392 g/mol. The zero-order chi connectivity index (χ0) is 14.7. The molecule has 1 fully saturated rings. The molecule has 21 heavy (non-hydrogen) atoms. The molecule has 3 nitrogen and oxygen atoms in total. The summed E-state index contributed by atoms with van der Waals surface area (Å²) in [4.78, 5) is 14.7. The Morgan fingerprint density at radius 2 is 1.81 bits per heavy atom. The van der Waals surface area contributed by atoms with Crippen molar-refractivity contribution in [3.8, 4) is 0 Å². The highest BCUT2D eigenvalue weighted by Gasteiger charge is 2.14. The molecule has 4 heteroatoms. The fourth-order valence-corrected chi connectivity index (χ4v) is 3.23. The minimum Gasteiger partial charge on any atom is -0.371 e. The number of anilines is 2. The summed E-state index contributed by atoms with van der Waals surface area (Å²) in [6.45, 7) is 2.21.